The number of carbonyl (C=O) groups excluding carboxylic acids is 1. The molecule has 3 aromatic rings. The first-order chi connectivity index (χ1) is 19.5. The van der Waals surface area contributed by atoms with Crippen LogP contribution in [0.15, 0.2) is 59.5 Å². The second-order valence-corrected chi connectivity index (χ2v) is 10.3. The van der Waals surface area contributed by atoms with Gasteiger partial charge in [0.1, 0.15) is 17.5 Å². The third-order valence-corrected chi connectivity index (χ3v) is 7.24. The first-order valence-electron chi connectivity index (χ1n) is 12.8. The Kier molecular flexibility index (Phi) is 9.29. The number of ether oxygens (including phenoxy) is 3. The number of carbonyl (C=O) groups is 2. The quantitative estimate of drug-likeness (QED) is 0.265. The number of halogens is 3. The van der Waals surface area contributed by atoms with E-state index in [2.05, 4.69) is 10.1 Å². The molecule has 2 N–H and O–H groups in total. The fourth-order valence-corrected chi connectivity index (χ4v) is 4.78. The number of nitrogens with zero attached hydrogens (tertiary/aromatic N) is 1. The summed E-state index contributed by atoms with van der Waals surface area (Å²) in [5.41, 5.74) is -0.252. The van der Waals surface area contributed by atoms with E-state index >= 15 is 0 Å². The molecule has 0 spiro atoms. The number of nitrogens with one attached hydrogen (secondary N) is 1. The molecule has 41 heavy (non-hydrogen) atoms. The summed E-state index contributed by atoms with van der Waals surface area (Å²) in [6, 6.07) is 9.72. The zero-order valence-corrected chi connectivity index (χ0v) is 23.1. The minimum absolute atomic E-state index is 0.0504. The normalized spacial score (nSPS) is 14.7. The average Bonchev–Trinajstić information content (AvgIpc) is 2.91. The molecule has 1 amide bonds. The lowest BCUT2D eigenvalue weighted by Gasteiger charge is -2.38. The highest BCUT2D eigenvalue weighted by Crippen LogP contribution is 2.39. The maximum atomic E-state index is 13.5. The van der Waals surface area contributed by atoms with Crippen molar-refractivity contribution in [1.29, 1.82) is 0 Å². The van der Waals surface area contributed by atoms with Crippen LogP contribution in [-0.4, -0.2) is 47.5 Å². The number of amides is 1. The predicted octanol–water partition coefficient (Wildman–Crippen LogP) is 6.01. The van der Waals surface area contributed by atoms with Crippen LogP contribution in [0.2, 0.25) is 5.02 Å². The van der Waals surface area contributed by atoms with Crippen molar-refractivity contribution in [2.75, 3.05) is 19.0 Å². The second-order valence-electron chi connectivity index (χ2n) is 9.85. The number of rotatable bonds is 12. The van der Waals surface area contributed by atoms with Crippen LogP contribution >= 0.6 is 11.6 Å². The van der Waals surface area contributed by atoms with Gasteiger partial charge in [0.2, 0.25) is 5.91 Å². The number of aromatic carboxylic acids is 1. The highest BCUT2D eigenvalue weighted by molar-refractivity contribution is 6.31. The Labute approximate surface area is 239 Å². The molecular formula is C29H29ClF2N2O7. The third-order valence-electron chi connectivity index (χ3n) is 7.00. The molecule has 1 heterocycles. The number of benzene rings is 2. The van der Waals surface area contributed by atoms with E-state index in [1.807, 2.05) is 6.92 Å². The Balaban J connectivity index is 1.70. The number of anilines is 1. The van der Waals surface area contributed by atoms with Crippen LogP contribution in [0.5, 0.6) is 11.5 Å². The molecule has 1 fully saturated rings. The van der Waals surface area contributed by atoms with E-state index in [0.29, 0.717) is 5.69 Å². The van der Waals surface area contributed by atoms with Crippen molar-refractivity contribution in [1.82, 2.24) is 4.57 Å². The second kappa shape index (κ2) is 12.7. The van der Waals surface area contributed by atoms with Crippen LogP contribution in [0.4, 0.5) is 14.5 Å². The topological polar surface area (TPSA) is 116 Å². The number of hydrogen-bond donors (Lipinski definition) is 2. The van der Waals surface area contributed by atoms with E-state index in [1.54, 1.807) is 0 Å². The number of carboxylic acids is 1. The first-order valence-corrected chi connectivity index (χ1v) is 13.2. The molecule has 1 saturated carbocycles. The molecule has 1 aromatic heterocycles. The van der Waals surface area contributed by atoms with Crippen molar-refractivity contribution in [2.45, 2.75) is 50.9 Å². The average molecular weight is 591 g/mol. The number of carboxylic acid groups (broad SMARTS) is 1. The molecule has 12 heteroatoms. The highest BCUT2D eigenvalue weighted by Gasteiger charge is 2.33. The van der Waals surface area contributed by atoms with Gasteiger partial charge < -0.3 is 24.6 Å². The Hall–Kier alpha value is -3.96. The Bertz CT molecular complexity index is 1470. The van der Waals surface area contributed by atoms with Crippen LogP contribution < -0.4 is 20.3 Å². The van der Waals surface area contributed by atoms with Crippen molar-refractivity contribution in [3.8, 4) is 22.6 Å². The van der Waals surface area contributed by atoms with E-state index in [4.69, 9.17) is 26.2 Å². The molecule has 0 saturated heterocycles. The van der Waals surface area contributed by atoms with Crippen molar-refractivity contribution in [3.63, 3.8) is 0 Å². The SMILES string of the molecule is COc1cn(C(CCOC2(C)CCC2)C(=O)Nc2ccc(C(=O)O)cc2)c(=O)cc1-c1cc(Cl)ccc1OC(F)F. The predicted molar refractivity (Wildman–Crippen MR) is 148 cm³/mol. The summed E-state index contributed by atoms with van der Waals surface area (Å²) in [6.07, 6.45) is 4.29. The number of alkyl halides is 2. The van der Waals surface area contributed by atoms with Crippen molar-refractivity contribution >= 4 is 29.2 Å². The van der Waals surface area contributed by atoms with E-state index in [-0.39, 0.29) is 51.8 Å². The molecule has 1 unspecified atom stereocenters. The summed E-state index contributed by atoms with van der Waals surface area (Å²) in [5, 5.41) is 12.1. The van der Waals surface area contributed by atoms with Crippen molar-refractivity contribution < 1.29 is 37.7 Å². The molecule has 9 nitrogen and oxygen atoms in total. The number of aromatic nitrogens is 1. The van der Waals surface area contributed by atoms with Gasteiger partial charge in [-0.05, 0) is 68.7 Å². The van der Waals surface area contributed by atoms with E-state index < -0.39 is 30.1 Å². The van der Waals surface area contributed by atoms with Crippen LogP contribution in [0.1, 0.15) is 49.0 Å². The first kappa shape index (κ1) is 30.0. The van der Waals surface area contributed by atoms with Gasteiger partial charge in [0.15, 0.2) is 0 Å². The molecule has 0 aliphatic heterocycles. The van der Waals surface area contributed by atoms with Crippen LogP contribution in [0, 0.1) is 0 Å². The van der Waals surface area contributed by atoms with Gasteiger partial charge in [-0.3, -0.25) is 14.2 Å². The minimum atomic E-state index is -3.11. The minimum Gasteiger partial charge on any atom is -0.495 e. The summed E-state index contributed by atoms with van der Waals surface area (Å²) >= 11 is 6.11. The molecule has 218 valence electrons. The van der Waals surface area contributed by atoms with Crippen LogP contribution in [0.3, 0.4) is 0 Å². The van der Waals surface area contributed by atoms with Gasteiger partial charge in [-0.1, -0.05) is 11.6 Å². The fraction of sp³-hybridized carbons (Fsp3) is 0.345. The van der Waals surface area contributed by atoms with E-state index in [0.717, 1.165) is 19.3 Å². The number of pyridine rings is 1. The van der Waals surface area contributed by atoms with Gasteiger partial charge in [-0.15, -0.1) is 0 Å². The lowest BCUT2D eigenvalue weighted by Crippen LogP contribution is -2.38. The summed E-state index contributed by atoms with van der Waals surface area (Å²) in [5.74, 6) is -1.75. The fourth-order valence-electron chi connectivity index (χ4n) is 4.61. The van der Waals surface area contributed by atoms with Crippen LogP contribution in [-0.2, 0) is 9.53 Å². The van der Waals surface area contributed by atoms with Gasteiger partial charge >= 0.3 is 12.6 Å². The number of methoxy groups -OCH3 is 1. The van der Waals surface area contributed by atoms with Crippen molar-refractivity contribution in [2.24, 2.45) is 0 Å². The van der Waals surface area contributed by atoms with Gasteiger partial charge in [-0.2, -0.15) is 8.78 Å². The molecule has 2 aromatic carbocycles. The summed E-state index contributed by atoms with van der Waals surface area (Å²) in [7, 11) is 1.34. The molecule has 1 aliphatic rings. The molecule has 1 aliphatic carbocycles. The summed E-state index contributed by atoms with van der Waals surface area (Å²) in [6.45, 7) is -0.940. The van der Waals surface area contributed by atoms with Gasteiger partial charge in [-0.25, -0.2) is 4.79 Å². The maximum Gasteiger partial charge on any atom is 0.387 e. The lowest BCUT2D eigenvalue weighted by molar-refractivity contribution is -0.122. The van der Waals surface area contributed by atoms with E-state index in [1.165, 1.54) is 66.4 Å². The summed E-state index contributed by atoms with van der Waals surface area (Å²) < 4.78 is 43.5. The summed E-state index contributed by atoms with van der Waals surface area (Å²) in [4.78, 5) is 38.1. The van der Waals surface area contributed by atoms with Gasteiger partial charge in [0.05, 0.1) is 24.5 Å². The molecule has 1 atom stereocenters. The zero-order valence-electron chi connectivity index (χ0n) is 22.4. The van der Waals surface area contributed by atoms with Crippen molar-refractivity contribution in [3.05, 3.63) is 75.7 Å². The standard InChI is InChI=1S/C29H29ClF2N2O7/c1-29(11-3-12-29)40-13-10-22(26(36)33-19-7-4-17(5-8-19)27(37)38)34-16-24(39-2)21(15-25(34)35)20-14-18(30)6-9-23(20)41-28(31)32/h4-9,14-16,22,28H,3,10-13H2,1-2H3,(H,33,36)(H,37,38). The number of hydrogen-bond acceptors (Lipinski definition) is 6. The highest BCUT2D eigenvalue weighted by atomic mass is 35.5. The molecule has 0 bridgehead atoms. The Morgan fingerprint density at radius 2 is 1.78 bits per heavy atom. The molecular weight excluding hydrogens is 562 g/mol. The largest absolute Gasteiger partial charge is 0.495 e. The molecule has 0 radical (unpaired) electrons. The molecule has 4 rings (SSSR count). The Morgan fingerprint density at radius 3 is 2.37 bits per heavy atom. The van der Waals surface area contributed by atoms with Gasteiger partial charge in [0, 0.05) is 40.9 Å². The smallest absolute Gasteiger partial charge is 0.387 e. The maximum absolute atomic E-state index is 13.5. The van der Waals surface area contributed by atoms with Gasteiger partial charge in [0.25, 0.3) is 5.56 Å². The lowest BCUT2D eigenvalue weighted by atomic mass is 9.82. The van der Waals surface area contributed by atoms with Crippen LogP contribution in [0.25, 0.3) is 11.1 Å². The monoisotopic (exact) mass is 590 g/mol. The Morgan fingerprint density at radius 1 is 1.10 bits per heavy atom. The third kappa shape index (κ3) is 7.22. The zero-order chi connectivity index (χ0) is 29.7. The van der Waals surface area contributed by atoms with E-state index in [9.17, 15) is 23.2 Å².